The number of benzene rings is 2. The molecule has 10 heteroatoms. The van der Waals surface area contributed by atoms with Crippen molar-refractivity contribution in [1.82, 2.24) is 25.5 Å². The number of nitrogens with one attached hydrogen (secondary N) is 2. The molecule has 1 saturated carbocycles. The van der Waals surface area contributed by atoms with Crippen molar-refractivity contribution in [2.45, 2.75) is 31.7 Å². The third-order valence-corrected chi connectivity index (χ3v) is 5.17. The van der Waals surface area contributed by atoms with Crippen LogP contribution >= 0.6 is 11.6 Å². The third kappa shape index (κ3) is 4.30. The number of tetrazole rings is 1. The van der Waals surface area contributed by atoms with Gasteiger partial charge in [0.05, 0.1) is 16.3 Å². The zero-order chi connectivity index (χ0) is 21.1. The molecule has 2 aromatic carbocycles. The molecule has 0 aliphatic heterocycles. The lowest BCUT2D eigenvalue weighted by atomic mass is 10.2. The fourth-order valence-electron chi connectivity index (χ4n) is 3.32. The SMILES string of the molecule is O=C(NC1CCCC1)c1nnn(-c2ccc(NC(=O)c3c(F)cccc3Cl)cc2)n1. The number of amides is 2. The van der Waals surface area contributed by atoms with Crippen molar-refractivity contribution in [2.24, 2.45) is 0 Å². The molecule has 1 aliphatic rings. The van der Waals surface area contributed by atoms with E-state index in [-0.39, 0.29) is 28.4 Å². The normalized spacial score (nSPS) is 13.9. The highest BCUT2D eigenvalue weighted by molar-refractivity contribution is 6.34. The van der Waals surface area contributed by atoms with E-state index in [4.69, 9.17) is 11.6 Å². The van der Waals surface area contributed by atoms with E-state index in [0.29, 0.717) is 11.4 Å². The first kappa shape index (κ1) is 20.0. The molecule has 0 saturated heterocycles. The van der Waals surface area contributed by atoms with Gasteiger partial charge in [0.25, 0.3) is 17.6 Å². The molecule has 0 unspecified atom stereocenters. The zero-order valence-corrected chi connectivity index (χ0v) is 16.6. The predicted octanol–water partition coefficient (Wildman–Crippen LogP) is 3.38. The smallest absolute Gasteiger partial charge is 0.293 e. The standard InChI is InChI=1S/C20H18ClFN6O2/c21-15-6-3-7-16(22)17(15)19(29)23-13-8-10-14(11-9-13)28-26-18(25-27-28)20(30)24-12-4-1-2-5-12/h3,6-12H,1-2,4-5H2,(H,23,29)(H,24,30). The number of halogens is 2. The van der Waals surface area contributed by atoms with E-state index in [1.54, 1.807) is 24.3 Å². The average Bonchev–Trinajstić information content (AvgIpc) is 3.40. The zero-order valence-electron chi connectivity index (χ0n) is 15.8. The molecular weight excluding hydrogens is 411 g/mol. The first-order chi connectivity index (χ1) is 14.5. The highest BCUT2D eigenvalue weighted by Crippen LogP contribution is 2.21. The van der Waals surface area contributed by atoms with Crippen LogP contribution in [0.5, 0.6) is 0 Å². The number of hydrogen-bond donors (Lipinski definition) is 2. The van der Waals surface area contributed by atoms with Crippen molar-refractivity contribution < 1.29 is 14.0 Å². The van der Waals surface area contributed by atoms with Crippen LogP contribution in [0.2, 0.25) is 5.02 Å². The number of carbonyl (C=O) groups is 2. The fourth-order valence-corrected chi connectivity index (χ4v) is 3.57. The van der Waals surface area contributed by atoms with Crippen LogP contribution in [0.4, 0.5) is 10.1 Å². The molecule has 0 radical (unpaired) electrons. The number of nitrogens with zero attached hydrogens (tertiary/aromatic N) is 4. The Labute approximate surface area is 176 Å². The molecule has 2 amide bonds. The van der Waals surface area contributed by atoms with Gasteiger partial charge in [-0.25, -0.2) is 4.39 Å². The van der Waals surface area contributed by atoms with Gasteiger partial charge in [-0.1, -0.05) is 30.5 Å². The minimum absolute atomic E-state index is 0.00604. The first-order valence-corrected chi connectivity index (χ1v) is 9.86. The van der Waals surface area contributed by atoms with Gasteiger partial charge in [0.2, 0.25) is 0 Å². The molecule has 0 bridgehead atoms. The maximum Gasteiger partial charge on any atom is 0.293 e. The quantitative estimate of drug-likeness (QED) is 0.648. The molecule has 2 N–H and O–H groups in total. The third-order valence-electron chi connectivity index (χ3n) is 4.85. The highest BCUT2D eigenvalue weighted by Gasteiger charge is 2.21. The summed E-state index contributed by atoms with van der Waals surface area (Å²) in [6.45, 7) is 0. The van der Waals surface area contributed by atoms with Crippen LogP contribution < -0.4 is 10.6 Å². The Morgan fingerprint density at radius 1 is 1.07 bits per heavy atom. The summed E-state index contributed by atoms with van der Waals surface area (Å²) in [7, 11) is 0. The summed E-state index contributed by atoms with van der Waals surface area (Å²) in [5, 5.41) is 17.3. The minimum atomic E-state index is -0.702. The van der Waals surface area contributed by atoms with Gasteiger partial charge in [0.1, 0.15) is 5.82 Å². The Hall–Kier alpha value is -3.33. The summed E-state index contributed by atoms with van der Waals surface area (Å²) in [6, 6.07) is 10.7. The minimum Gasteiger partial charge on any atom is -0.346 e. The van der Waals surface area contributed by atoms with Crippen molar-refractivity contribution >= 4 is 29.1 Å². The van der Waals surface area contributed by atoms with E-state index in [1.807, 2.05) is 0 Å². The summed E-state index contributed by atoms with van der Waals surface area (Å²) < 4.78 is 13.9. The van der Waals surface area contributed by atoms with Gasteiger partial charge in [-0.15, -0.1) is 15.0 Å². The van der Waals surface area contributed by atoms with E-state index in [2.05, 4.69) is 26.0 Å². The van der Waals surface area contributed by atoms with Crippen LogP contribution in [0.15, 0.2) is 42.5 Å². The second-order valence-electron chi connectivity index (χ2n) is 6.95. The van der Waals surface area contributed by atoms with Crippen LogP contribution in [-0.2, 0) is 0 Å². The van der Waals surface area contributed by atoms with Crippen LogP contribution in [0.25, 0.3) is 5.69 Å². The van der Waals surface area contributed by atoms with E-state index in [1.165, 1.54) is 23.0 Å². The Bertz CT molecular complexity index is 1060. The highest BCUT2D eigenvalue weighted by atomic mass is 35.5. The second kappa shape index (κ2) is 8.58. The van der Waals surface area contributed by atoms with Crippen LogP contribution in [0.3, 0.4) is 0 Å². The molecule has 30 heavy (non-hydrogen) atoms. The average molecular weight is 429 g/mol. The van der Waals surface area contributed by atoms with Crippen molar-refractivity contribution in [3.05, 3.63) is 64.7 Å². The number of anilines is 1. The summed E-state index contributed by atoms with van der Waals surface area (Å²) in [6.07, 6.45) is 4.14. The molecule has 8 nitrogen and oxygen atoms in total. The summed E-state index contributed by atoms with van der Waals surface area (Å²) in [5.74, 6) is -1.71. The second-order valence-corrected chi connectivity index (χ2v) is 7.36. The Balaban J connectivity index is 1.43. The van der Waals surface area contributed by atoms with E-state index in [9.17, 15) is 14.0 Å². The number of aromatic nitrogens is 4. The number of carbonyl (C=O) groups excluding carboxylic acids is 2. The van der Waals surface area contributed by atoms with Gasteiger partial charge in [-0.05, 0) is 54.5 Å². The first-order valence-electron chi connectivity index (χ1n) is 9.48. The van der Waals surface area contributed by atoms with E-state index >= 15 is 0 Å². The number of rotatable bonds is 5. The van der Waals surface area contributed by atoms with Gasteiger partial charge in [-0.3, -0.25) is 9.59 Å². The Kier molecular flexibility index (Phi) is 5.71. The maximum absolute atomic E-state index is 13.9. The predicted molar refractivity (Wildman–Crippen MR) is 108 cm³/mol. The molecule has 1 fully saturated rings. The molecule has 0 spiro atoms. The van der Waals surface area contributed by atoms with E-state index < -0.39 is 11.7 Å². The Morgan fingerprint density at radius 2 is 1.80 bits per heavy atom. The topological polar surface area (TPSA) is 102 Å². The van der Waals surface area contributed by atoms with Crippen LogP contribution in [0, 0.1) is 5.82 Å². The molecule has 4 rings (SSSR count). The van der Waals surface area contributed by atoms with Gasteiger partial charge < -0.3 is 10.6 Å². The lowest BCUT2D eigenvalue weighted by Gasteiger charge is -2.09. The summed E-state index contributed by atoms with van der Waals surface area (Å²) in [5.41, 5.74) is 0.755. The van der Waals surface area contributed by atoms with Gasteiger partial charge >= 0.3 is 0 Å². The molecule has 0 atom stereocenters. The van der Waals surface area contributed by atoms with Gasteiger partial charge in [-0.2, -0.15) is 0 Å². The largest absolute Gasteiger partial charge is 0.346 e. The summed E-state index contributed by atoms with van der Waals surface area (Å²) in [4.78, 5) is 25.8. The molecule has 154 valence electrons. The molecule has 1 aromatic heterocycles. The van der Waals surface area contributed by atoms with Crippen LogP contribution in [-0.4, -0.2) is 38.1 Å². The monoisotopic (exact) mass is 428 g/mol. The van der Waals surface area contributed by atoms with Crippen molar-refractivity contribution in [2.75, 3.05) is 5.32 Å². The van der Waals surface area contributed by atoms with Gasteiger partial charge in [0, 0.05) is 11.7 Å². The maximum atomic E-state index is 13.9. The number of hydrogen-bond acceptors (Lipinski definition) is 5. The molecule has 3 aromatic rings. The molecule has 1 heterocycles. The van der Waals surface area contributed by atoms with Crippen LogP contribution in [0.1, 0.15) is 46.7 Å². The van der Waals surface area contributed by atoms with Crippen molar-refractivity contribution in [3.8, 4) is 5.69 Å². The summed E-state index contributed by atoms with van der Waals surface area (Å²) >= 11 is 5.92. The van der Waals surface area contributed by atoms with Gasteiger partial charge in [0.15, 0.2) is 0 Å². The van der Waals surface area contributed by atoms with Crippen molar-refractivity contribution in [3.63, 3.8) is 0 Å². The van der Waals surface area contributed by atoms with Crippen molar-refractivity contribution in [1.29, 1.82) is 0 Å². The van der Waals surface area contributed by atoms with E-state index in [0.717, 1.165) is 25.7 Å². The lowest BCUT2D eigenvalue weighted by molar-refractivity contribution is 0.0926. The lowest BCUT2D eigenvalue weighted by Crippen LogP contribution is -2.33. The molecular formula is C20H18ClFN6O2. The Morgan fingerprint density at radius 3 is 2.50 bits per heavy atom. The molecule has 1 aliphatic carbocycles. The fraction of sp³-hybridized carbons (Fsp3) is 0.250.